The van der Waals surface area contributed by atoms with Crippen molar-refractivity contribution in [1.82, 2.24) is 0 Å². The summed E-state index contributed by atoms with van der Waals surface area (Å²) in [7, 11) is 0. The lowest BCUT2D eigenvalue weighted by molar-refractivity contribution is -0.137. The van der Waals surface area contributed by atoms with Crippen molar-refractivity contribution in [2.45, 2.75) is 71.1 Å². The summed E-state index contributed by atoms with van der Waals surface area (Å²) >= 11 is 0. The number of carboxylic acids is 1. The standard InChI is InChI=1S/C19H30O3/c1-2-3-4-5-6-7-8-10-17-12-14-18(15-13-17)22-16-9-11-19(20)21/h12-15H,2-11,16H2,1H3,(H,20,21). The first-order valence-corrected chi connectivity index (χ1v) is 8.66. The number of ether oxygens (including phenoxy) is 1. The zero-order chi connectivity index (χ0) is 16.0. The Bertz CT molecular complexity index is 398. The maximum Gasteiger partial charge on any atom is 0.303 e. The van der Waals surface area contributed by atoms with Crippen molar-refractivity contribution in [1.29, 1.82) is 0 Å². The van der Waals surface area contributed by atoms with Crippen LogP contribution in [0.4, 0.5) is 0 Å². The minimum atomic E-state index is -0.770. The van der Waals surface area contributed by atoms with Crippen molar-refractivity contribution in [2.75, 3.05) is 6.61 Å². The number of unbranched alkanes of at least 4 members (excludes halogenated alkanes) is 6. The van der Waals surface area contributed by atoms with Crippen molar-refractivity contribution < 1.29 is 14.6 Å². The average Bonchev–Trinajstić information content (AvgIpc) is 2.52. The third-order valence-corrected chi connectivity index (χ3v) is 3.80. The molecule has 0 aromatic heterocycles. The van der Waals surface area contributed by atoms with Gasteiger partial charge in [0, 0.05) is 6.42 Å². The minimum absolute atomic E-state index is 0.163. The number of hydrogen-bond donors (Lipinski definition) is 1. The number of carboxylic acid groups (broad SMARTS) is 1. The Kier molecular flexibility index (Phi) is 10.2. The van der Waals surface area contributed by atoms with Gasteiger partial charge in [0.2, 0.25) is 0 Å². The van der Waals surface area contributed by atoms with Crippen molar-refractivity contribution >= 4 is 5.97 Å². The molecule has 0 aliphatic carbocycles. The summed E-state index contributed by atoms with van der Waals surface area (Å²) in [6, 6.07) is 8.20. The largest absolute Gasteiger partial charge is 0.494 e. The minimum Gasteiger partial charge on any atom is -0.494 e. The Hall–Kier alpha value is -1.51. The fourth-order valence-electron chi connectivity index (χ4n) is 2.45. The number of aliphatic carboxylic acids is 1. The van der Waals surface area contributed by atoms with Crippen LogP contribution in [0.25, 0.3) is 0 Å². The molecule has 0 spiro atoms. The lowest BCUT2D eigenvalue weighted by Gasteiger charge is -2.07. The molecule has 22 heavy (non-hydrogen) atoms. The van der Waals surface area contributed by atoms with E-state index < -0.39 is 5.97 Å². The number of aryl methyl sites for hydroxylation is 1. The predicted molar refractivity (Wildman–Crippen MR) is 90.5 cm³/mol. The van der Waals surface area contributed by atoms with Gasteiger partial charge < -0.3 is 9.84 Å². The molecule has 0 saturated heterocycles. The summed E-state index contributed by atoms with van der Waals surface area (Å²) < 4.78 is 5.53. The lowest BCUT2D eigenvalue weighted by atomic mass is 10.0. The highest BCUT2D eigenvalue weighted by Crippen LogP contribution is 2.15. The van der Waals surface area contributed by atoms with Gasteiger partial charge in [0.05, 0.1) is 6.61 Å². The second kappa shape index (κ2) is 12.1. The summed E-state index contributed by atoms with van der Waals surface area (Å²) in [5.41, 5.74) is 1.35. The van der Waals surface area contributed by atoms with Crippen LogP contribution < -0.4 is 4.74 Å². The molecular weight excluding hydrogens is 276 g/mol. The van der Waals surface area contributed by atoms with E-state index in [4.69, 9.17) is 9.84 Å². The Morgan fingerprint density at radius 1 is 0.955 bits per heavy atom. The Morgan fingerprint density at radius 2 is 1.59 bits per heavy atom. The highest BCUT2D eigenvalue weighted by atomic mass is 16.5. The molecule has 0 radical (unpaired) electrons. The van der Waals surface area contributed by atoms with E-state index in [-0.39, 0.29) is 6.42 Å². The molecule has 0 unspecified atom stereocenters. The Morgan fingerprint density at radius 3 is 2.23 bits per heavy atom. The molecular formula is C19H30O3. The summed E-state index contributed by atoms with van der Waals surface area (Å²) in [5.74, 6) is 0.0577. The van der Waals surface area contributed by atoms with Crippen LogP contribution in [0.5, 0.6) is 5.75 Å². The van der Waals surface area contributed by atoms with E-state index in [1.807, 2.05) is 12.1 Å². The van der Waals surface area contributed by atoms with Gasteiger partial charge in [-0.2, -0.15) is 0 Å². The lowest BCUT2D eigenvalue weighted by Crippen LogP contribution is -2.02. The van der Waals surface area contributed by atoms with Gasteiger partial charge in [-0.05, 0) is 37.0 Å². The molecule has 0 amide bonds. The van der Waals surface area contributed by atoms with Crippen LogP contribution in [-0.4, -0.2) is 17.7 Å². The third kappa shape index (κ3) is 9.43. The number of carbonyl (C=O) groups is 1. The van der Waals surface area contributed by atoms with Gasteiger partial charge >= 0.3 is 5.97 Å². The first-order valence-electron chi connectivity index (χ1n) is 8.66. The predicted octanol–water partition coefficient (Wildman–Crippen LogP) is 5.22. The third-order valence-electron chi connectivity index (χ3n) is 3.80. The molecule has 0 bridgehead atoms. The van der Waals surface area contributed by atoms with Crippen LogP contribution in [0.2, 0.25) is 0 Å². The van der Waals surface area contributed by atoms with Gasteiger partial charge in [0.1, 0.15) is 5.75 Å². The topological polar surface area (TPSA) is 46.5 Å². The highest BCUT2D eigenvalue weighted by Gasteiger charge is 1.99. The SMILES string of the molecule is CCCCCCCCCc1ccc(OCCCC(=O)O)cc1. The van der Waals surface area contributed by atoms with E-state index in [0.717, 1.165) is 12.2 Å². The molecule has 3 nitrogen and oxygen atoms in total. The monoisotopic (exact) mass is 306 g/mol. The van der Waals surface area contributed by atoms with Crippen molar-refractivity contribution in [3.63, 3.8) is 0 Å². The van der Waals surface area contributed by atoms with Gasteiger partial charge in [-0.15, -0.1) is 0 Å². The highest BCUT2D eigenvalue weighted by molar-refractivity contribution is 5.66. The van der Waals surface area contributed by atoms with Crippen LogP contribution in [0, 0.1) is 0 Å². The first-order chi connectivity index (χ1) is 10.7. The molecule has 124 valence electrons. The number of benzene rings is 1. The zero-order valence-corrected chi connectivity index (χ0v) is 13.9. The molecule has 0 aliphatic rings. The summed E-state index contributed by atoms with van der Waals surface area (Å²) in [6.45, 7) is 2.71. The second-order valence-corrected chi connectivity index (χ2v) is 5.86. The van der Waals surface area contributed by atoms with Crippen molar-refractivity contribution in [2.24, 2.45) is 0 Å². The molecule has 1 rings (SSSR count). The van der Waals surface area contributed by atoms with Crippen LogP contribution in [-0.2, 0) is 11.2 Å². The van der Waals surface area contributed by atoms with Gasteiger partial charge in [-0.1, -0.05) is 57.6 Å². The van der Waals surface area contributed by atoms with E-state index in [1.54, 1.807) is 0 Å². The van der Waals surface area contributed by atoms with Crippen LogP contribution >= 0.6 is 0 Å². The number of hydrogen-bond acceptors (Lipinski definition) is 2. The molecule has 0 aliphatic heterocycles. The second-order valence-electron chi connectivity index (χ2n) is 5.86. The Labute approximate surface area is 134 Å². The van der Waals surface area contributed by atoms with Crippen LogP contribution in [0.3, 0.4) is 0 Å². The van der Waals surface area contributed by atoms with E-state index in [0.29, 0.717) is 13.0 Å². The fourth-order valence-corrected chi connectivity index (χ4v) is 2.45. The van der Waals surface area contributed by atoms with Gasteiger partial charge in [0.15, 0.2) is 0 Å². The molecule has 1 N–H and O–H groups in total. The molecule has 3 heteroatoms. The number of rotatable bonds is 13. The fraction of sp³-hybridized carbons (Fsp3) is 0.632. The van der Waals surface area contributed by atoms with Crippen LogP contribution in [0.15, 0.2) is 24.3 Å². The molecule has 0 fully saturated rings. The van der Waals surface area contributed by atoms with E-state index in [1.165, 1.54) is 50.5 Å². The summed E-state index contributed by atoms with van der Waals surface area (Å²) in [4.78, 5) is 10.4. The van der Waals surface area contributed by atoms with E-state index in [2.05, 4.69) is 19.1 Å². The average molecular weight is 306 g/mol. The van der Waals surface area contributed by atoms with Gasteiger partial charge in [0.25, 0.3) is 0 Å². The molecule has 0 heterocycles. The maximum atomic E-state index is 10.4. The molecule has 1 aromatic rings. The normalized spacial score (nSPS) is 10.6. The van der Waals surface area contributed by atoms with Crippen molar-refractivity contribution in [3.8, 4) is 5.75 Å². The van der Waals surface area contributed by atoms with E-state index >= 15 is 0 Å². The van der Waals surface area contributed by atoms with Gasteiger partial charge in [-0.3, -0.25) is 4.79 Å². The first kappa shape index (κ1) is 18.5. The quantitative estimate of drug-likeness (QED) is 0.508. The molecule has 1 aromatic carbocycles. The summed E-state index contributed by atoms with van der Waals surface area (Å²) in [5, 5.41) is 8.55. The van der Waals surface area contributed by atoms with E-state index in [9.17, 15) is 4.79 Å². The molecule has 0 saturated carbocycles. The Balaban J connectivity index is 2.09. The van der Waals surface area contributed by atoms with Gasteiger partial charge in [-0.25, -0.2) is 0 Å². The zero-order valence-electron chi connectivity index (χ0n) is 13.9. The molecule has 0 atom stereocenters. The summed E-state index contributed by atoms with van der Waals surface area (Å²) in [6.07, 6.45) is 11.2. The van der Waals surface area contributed by atoms with Crippen LogP contribution in [0.1, 0.15) is 70.3 Å². The van der Waals surface area contributed by atoms with Crippen molar-refractivity contribution in [3.05, 3.63) is 29.8 Å². The smallest absolute Gasteiger partial charge is 0.303 e. The maximum absolute atomic E-state index is 10.4.